The van der Waals surface area contributed by atoms with Crippen LogP contribution in [0.1, 0.15) is 194 Å². The monoisotopic (exact) mass is 797 g/mol. The summed E-state index contributed by atoms with van der Waals surface area (Å²) in [6.07, 6.45) is 43.0. The highest BCUT2D eigenvalue weighted by Crippen LogP contribution is 2.36. The highest BCUT2D eigenvalue weighted by Gasteiger charge is 2.23. The molecule has 0 unspecified atom stereocenters. The van der Waals surface area contributed by atoms with E-state index in [1.807, 2.05) is 12.2 Å². The van der Waals surface area contributed by atoms with Crippen molar-refractivity contribution in [1.29, 1.82) is 0 Å². The Kier molecular flexibility index (Phi) is 37.4. The van der Waals surface area contributed by atoms with Crippen LogP contribution in [0.5, 0.6) is 0 Å². The molecule has 0 aromatic carbocycles. The summed E-state index contributed by atoms with van der Waals surface area (Å²) in [6.45, 7) is 5.85. The molecule has 0 aromatic rings. The summed E-state index contributed by atoms with van der Waals surface area (Å²) in [5.41, 5.74) is 0. The average Bonchev–Trinajstić information content (AvgIpc) is 3.13. The van der Waals surface area contributed by atoms with E-state index in [0.29, 0.717) is 19.3 Å². The van der Waals surface area contributed by atoms with Gasteiger partial charge < -0.3 is 24.4 Å². The molecule has 320 valence electrons. The van der Waals surface area contributed by atoms with Crippen LogP contribution in [0.25, 0.3) is 0 Å². The van der Waals surface area contributed by atoms with Crippen LogP contribution >= 0.6 is 7.82 Å². The molecule has 55 heavy (non-hydrogen) atoms. The van der Waals surface area contributed by atoms with Gasteiger partial charge in [0.2, 0.25) is 0 Å². The molecule has 0 saturated carbocycles. The van der Waals surface area contributed by atoms with Gasteiger partial charge in [0, 0.05) is 12.8 Å². The summed E-state index contributed by atoms with van der Waals surface area (Å²) < 4.78 is 26.3. The number of hydrogen-bond donors (Lipinski definition) is 3. The summed E-state index contributed by atoms with van der Waals surface area (Å²) in [5.74, 6) is -0.250. The lowest BCUT2D eigenvalue weighted by molar-refractivity contribution is -0.161. The molecule has 0 heterocycles. The molecule has 0 aliphatic carbocycles. The normalized spacial score (nSPS) is 13.6. The molecule has 0 aliphatic rings. The second-order valence-corrected chi connectivity index (χ2v) is 16.6. The number of esters is 2. The quantitative estimate of drug-likeness (QED) is 0.0182. The Morgan fingerprint density at radius 1 is 0.600 bits per heavy atom. The Bertz CT molecular complexity index is 1060. The van der Waals surface area contributed by atoms with Gasteiger partial charge in [0.25, 0.3) is 0 Å². The number of rotatable bonds is 39. The van der Waals surface area contributed by atoms with E-state index in [1.54, 1.807) is 12.2 Å². The van der Waals surface area contributed by atoms with Crippen molar-refractivity contribution < 1.29 is 43.0 Å². The zero-order valence-electron chi connectivity index (χ0n) is 35.1. The maximum Gasteiger partial charge on any atom is 0.469 e. The maximum absolute atomic E-state index is 12.4. The van der Waals surface area contributed by atoms with Crippen molar-refractivity contribution in [1.82, 2.24) is 0 Å². The Hall–Kier alpha value is -2.03. The molecule has 0 amide bonds. The predicted molar refractivity (Wildman–Crippen MR) is 227 cm³/mol. The molecule has 0 saturated heterocycles. The standard InChI is InChI=1S/C45H81O9P/c1-4-5-6-7-8-9-10-15-19-22-25-28-31-35-42(46)36-33-38-44(47)52-39-43(40-53-55(49,50)51)54-45(48)37-32-29-26-23-20-17-14-12-11-13-16-18-21-24-27-30-34-41(2)3/h8-9,15,19,25,28,31,35,41-43,46H,4-7,10-14,16-18,20-24,26-27,29-30,32-34,36-40H2,1-3H3,(H2,49,50,51)/b9-8-,19-15-,28-25-,35-31+/t42-,43-/m1/s1. The van der Waals surface area contributed by atoms with E-state index in [1.165, 1.54) is 103 Å². The summed E-state index contributed by atoms with van der Waals surface area (Å²) in [7, 11) is -4.80. The molecule has 0 fully saturated rings. The van der Waals surface area contributed by atoms with E-state index < -0.39 is 38.6 Å². The number of allylic oxidation sites excluding steroid dienone is 7. The van der Waals surface area contributed by atoms with Gasteiger partial charge in [-0.05, 0) is 50.9 Å². The minimum atomic E-state index is -4.80. The average molecular weight is 797 g/mol. The summed E-state index contributed by atoms with van der Waals surface area (Å²) >= 11 is 0. The van der Waals surface area contributed by atoms with E-state index in [-0.39, 0.29) is 19.4 Å². The number of carbonyl (C=O) groups excluding carboxylic acids is 2. The summed E-state index contributed by atoms with van der Waals surface area (Å²) in [4.78, 5) is 42.9. The molecule has 0 radical (unpaired) electrons. The first kappa shape index (κ1) is 53.0. The van der Waals surface area contributed by atoms with Gasteiger partial charge in [-0.1, -0.05) is 185 Å². The van der Waals surface area contributed by atoms with Gasteiger partial charge in [-0.25, -0.2) is 4.57 Å². The second-order valence-electron chi connectivity index (χ2n) is 15.4. The molecule has 0 bridgehead atoms. The molecule has 3 N–H and O–H groups in total. The van der Waals surface area contributed by atoms with Gasteiger partial charge in [-0.15, -0.1) is 0 Å². The zero-order valence-corrected chi connectivity index (χ0v) is 36.0. The first-order valence-corrected chi connectivity index (χ1v) is 23.4. The van der Waals surface area contributed by atoms with Crippen LogP contribution in [-0.2, 0) is 28.2 Å². The number of phosphoric acid groups is 1. The minimum absolute atomic E-state index is 0.0392. The van der Waals surface area contributed by atoms with E-state index in [2.05, 4.69) is 49.6 Å². The molecule has 9 nitrogen and oxygen atoms in total. The summed E-state index contributed by atoms with van der Waals surface area (Å²) in [5, 5.41) is 10.2. The van der Waals surface area contributed by atoms with Crippen LogP contribution in [-0.4, -0.2) is 52.3 Å². The van der Waals surface area contributed by atoms with Crippen molar-refractivity contribution in [3.8, 4) is 0 Å². The Morgan fingerprint density at radius 2 is 1.13 bits per heavy atom. The first-order valence-electron chi connectivity index (χ1n) is 21.9. The van der Waals surface area contributed by atoms with Crippen molar-refractivity contribution in [2.24, 2.45) is 5.92 Å². The molecular formula is C45H81O9P. The van der Waals surface area contributed by atoms with E-state index in [9.17, 15) is 19.3 Å². The lowest BCUT2D eigenvalue weighted by Crippen LogP contribution is -2.29. The highest BCUT2D eigenvalue weighted by atomic mass is 31.2. The van der Waals surface area contributed by atoms with Crippen molar-refractivity contribution >= 4 is 19.8 Å². The van der Waals surface area contributed by atoms with Crippen LogP contribution in [0, 0.1) is 5.92 Å². The van der Waals surface area contributed by atoms with E-state index in [0.717, 1.165) is 44.4 Å². The van der Waals surface area contributed by atoms with Crippen LogP contribution in [0.15, 0.2) is 48.6 Å². The second kappa shape index (κ2) is 38.8. The molecule has 10 heteroatoms. The van der Waals surface area contributed by atoms with Gasteiger partial charge >= 0.3 is 19.8 Å². The topological polar surface area (TPSA) is 140 Å². The lowest BCUT2D eigenvalue weighted by atomic mass is 10.0. The molecule has 0 rings (SSSR count). The lowest BCUT2D eigenvalue weighted by Gasteiger charge is -2.18. The van der Waals surface area contributed by atoms with Crippen LogP contribution in [0.4, 0.5) is 0 Å². The van der Waals surface area contributed by atoms with Crippen LogP contribution < -0.4 is 0 Å². The third-order valence-corrected chi connectivity index (χ3v) is 9.87. The first-order chi connectivity index (χ1) is 26.5. The van der Waals surface area contributed by atoms with Crippen LogP contribution in [0.3, 0.4) is 0 Å². The number of hydrogen-bond acceptors (Lipinski definition) is 7. The number of carbonyl (C=O) groups is 2. The van der Waals surface area contributed by atoms with E-state index in [4.69, 9.17) is 19.3 Å². The van der Waals surface area contributed by atoms with Gasteiger partial charge in [-0.3, -0.25) is 14.1 Å². The SMILES string of the molecule is CCCCC/C=C\C/C=C\C/C=C\C=C\[C@@H](O)CCCC(=O)OC[C@H](COP(=O)(O)O)OC(=O)CCCCCCCCCCCCCCCCCCC(C)C. The Labute approximate surface area is 336 Å². The van der Waals surface area contributed by atoms with Crippen molar-refractivity contribution in [3.05, 3.63) is 48.6 Å². The molecule has 2 atom stereocenters. The largest absolute Gasteiger partial charge is 0.469 e. The molecule has 0 spiro atoms. The van der Waals surface area contributed by atoms with Gasteiger partial charge in [0.05, 0.1) is 12.7 Å². The van der Waals surface area contributed by atoms with Gasteiger partial charge in [-0.2, -0.15) is 0 Å². The van der Waals surface area contributed by atoms with E-state index >= 15 is 0 Å². The van der Waals surface area contributed by atoms with Crippen molar-refractivity contribution in [3.63, 3.8) is 0 Å². The fourth-order valence-corrected chi connectivity index (χ4v) is 6.43. The van der Waals surface area contributed by atoms with Gasteiger partial charge in [0.1, 0.15) is 6.61 Å². The molecule has 0 aliphatic heterocycles. The number of aliphatic hydroxyl groups excluding tert-OH is 1. The van der Waals surface area contributed by atoms with Crippen molar-refractivity contribution in [2.75, 3.05) is 13.2 Å². The fraction of sp³-hybridized carbons (Fsp3) is 0.778. The molecule has 0 aromatic heterocycles. The number of unbranched alkanes of at least 4 members (excludes halogenated alkanes) is 18. The zero-order chi connectivity index (χ0) is 40.7. The summed E-state index contributed by atoms with van der Waals surface area (Å²) in [6, 6.07) is 0. The number of ether oxygens (including phenoxy) is 2. The Balaban J connectivity index is 4.06. The minimum Gasteiger partial charge on any atom is -0.462 e. The third-order valence-electron chi connectivity index (χ3n) is 9.38. The van der Waals surface area contributed by atoms with Gasteiger partial charge in [0.15, 0.2) is 6.10 Å². The maximum atomic E-state index is 12.4. The fourth-order valence-electron chi connectivity index (χ4n) is 6.07. The Morgan fingerprint density at radius 3 is 1.69 bits per heavy atom. The van der Waals surface area contributed by atoms with Crippen LogP contribution in [0.2, 0.25) is 0 Å². The number of phosphoric ester groups is 1. The van der Waals surface area contributed by atoms with Crippen molar-refractivity contribution in [2.45, 2.75) is 206 Å². The molecular weight excluding hydrogens is 715 g/mol. The number of aliphatic hydroxyl groups is 1. The smallest absolute Gasteiger partial charge is 0.462 e. The predicted octanol–water partition coefficient (Wildman–Crippen LogP) is 12.3. The third kappa shape index (κ3) is 42.9. The highest BCUT2D eigenvalue weighted by molar-refractivity contribution is 7.46.